The summed E-state index contributed by atoms with van der Waals surface area (Å²) < 4.78 is 34.6. The van der Waals surface area contributed by atoms with Crippen LogP contribution in [0.5, 0.6) is 5.75 Å². The van der Waals surface area contributed by atoms with Gasteiger partial charge in [0.05, 0.1) is 22.1 Å². The third-order valence-electron chi connectivity index (χ3n) is 4.79. The molecule has 1 heterocycles. The van der Waals surface area contributed by atoms with Gasteiger partial charge in [0.2, 0.25) is 10.0 Å². The summed E-state index contributed by atoms with van der Waals surface area (Å²) in [5, 5.41) is 5.88. The van der Waals surface area contributed by atoms with Crippen molar-refractivity contribution in [1.82, 2.24) is 4.98 Å². The number of sulfonamides is 1. The number of benzene rings is 3. The summed E-state index contributed by atoms with van der Waals surface area (Å²) in [4.78, 5) is 4.70. The Balaban J connectivity index is 1.84. The number of hydrogen-bond donors (Lipinski definition) is 1. The smallest absolute Gasteiger partial charge is 0.238 e. The van der Waals surface area contributed by atoms with Crippen LogP contribution in [-0.4, -0.2) is 20.5 Å². The molecule has 6 nitrogen and oxygen atoms in total. The van der Waals surface area contributed by atoms with Crippen LogP contribution in [0.4, 0.5) is 0 Å². The van der Waals surface area contributed by atoms with Crippen LogP contribution in [0.1, 0.15) is 11.5 Å². The molecule has 164 valence electrons. The van der Waals surface area contributed by atoms with Crippen LogP contribution in [0.3, 0.4) is 0 Å². The highest BCUT2D eigenvalue weighted by atomic mass is 35.5. The van der Waals surface area contributed by atoms with Gasteiger partial charge in [-0.05, 0) is 42.0 Å². The predicted molar refractivity (Wildman–Crippen MR) is 125 cm³/mol. The number of aromatic nitrogens is 1. The molecule has 9 heteroatoms. The first-order valence-electron chi connectivity index (χ1n) is 9.46. The summed E-state index contributed by atoms with van der Waals surface area (Å²) in [7, 11) is -2.33. The van der Waals surface area contributed by atoms with E-state index in [9.17, 15) is 8.42 Å². The lowest BCUT2D eigenvalue weighted by atomic mass is 10.1. The quantitative estimate of drug-likeness (QED) is 0.383. The maximum atomic E-state index is 11.6. The minimum absolute atomic E-state index is 0.00219. The minimum Gasteiger partial charge on any atom is -0.494 e. The van der Waals surface area contributed by atoms with E-state index >= 15 is 0 Å². The highest BCUT2D eigenvalue weighted by Gasteiger charge is 2.20. The first-order valence-corrected chi connectivity index (χ1v) is 11.8. The van der Waals surface area contributed by atoms with Crippen molar-refractivity contribution >= 4 is 33.2 Å². The van der Waals surface area contributed by atoms with E-state index in [1.165, 1.54) is 19.2 Å². The van der Waals surface area contributed by atoms with E-state index in [1.807, 2.05) is 30.3 Å². The molecule has 4 aromatic rings. The Bertz CT molecular complexity index is 1350. The number of primary sulfonamides is 1. The first-order chi connectivity index (χ1) is 15.3. The van der Waals surface area contributed by atoms with Gasteiger partial charge in [-0.2, -0.15) is 0 Å². The molecule has 0 saturated heterocycles. The number of ether oxygens (including phenoxy) is 1. The third-order valence-corrected chi connectivity index (χ3v) is 6.28. The zero-order valence-corrected chi connectivity index (χ0v) is 19.2. The lowest BCUT2D eigenvalue weighted by molar-refractivity contribution is 0.415. The SMILES string of the molecule is COc1c(Cl)cc(-c2nc(Cc3ccccc3)oc2-c2ccc(S(N)(=O)=O)cc2)cc1Cl. The second-order valence-corrected chi connectivity index (χ2v) is 9.37. The van der Waals surface area contributed by atoms with Crippen molar-refractivity contribution in [1.29, 1.82) is 0 Å². The van der Waals surface area contributed by atoms with E-state index in [0.29, 0.717) is 50.7 Å². The second kappa shape index (κ2) is 8.96. The number of halogens is 2. The Morgan fingerprint density at radius 3 is 2.16 bits per heavy atom. The Morgan fingerprint density at radius 2 is 1.59 bits per heavy atom. The zero-order chi connectivity index (χ0) is 22.9. The molecule has 32 heavy (non-hydrogen) atoms. The van der Waals surface area contributed by atoms with Gasteiger partial charge < -0.3 is 9.15 Å². The molecule has 0 aliphatic heterocycles. The van der Waals surface area contributed by atoms with Gasteiger partial charge in [-0.15, -0.1) is 0 Å². The van der Waals surface area contributed by atoms with Crippen molar-refractivity contribution in [3.8, 4) is 28.3 Å². The maximum absolute atomic E-state index is 11.6. The second-order valence-electron chi connectivity index (χ2n) is 6.99. The zero-order valence-electron chi connectivity index (χ0n) is 16.9. The predicted octanol–water partition coefficient (Wildman–Crippen LogP) is 5.56. The molecule has 1 aromatic heterocycles. The molecule has 0 unspecified atom stereocenters. The number of nitrogens with two attached hydrogens (primary N) is 1. The molecule has 0 atom stereocenters. The number of oxazole rings is 1. The number of hydrogen-bond acceptors (Lipinski definition) is 5. The highest BCUT2D eigenvalue weighted by molar-refractivity contribution is 7.89. The molecule has 2 N–H and O–H groups in total. The van der Waals surface area contributed by atoms with E-state index in [1.54, 1.807) is 24.3 Å². The van der Waals surface area contributed by atoms with Crippen molar-refractivity contribution in [2.75, 3.05) is 7.11 Å². The fourth-order valence-electron chi connectivity index (χ4n) is 3.29. The van der Waals surface area contributed by atoms with Crippen LogP contribution in [-0.2, 0) is 16.4 Å². The molecular weight excluding hydrogens is 471 g/mol. The van der Waals surface area contributed by atoms with Gasteiger partial charge in [-0.1, -0.05) is 53.5 Å². The molecule has 0 fully saturated rings. The van der Waals surface area contributed by atoms with Crippen molar-refractivity contribution in [2.45, 2.75) is 11.3 Å². The third kappa shape index (κ3) is 4.66. The standard InChI is InChI=1S/C23H18Cl2N2O4S/c1-30-23-18(24)12-16(13-19(23)25)21-22(15-7-9-17(10-8-15)32(26,28)29)31-20(27-21)11-14-5-3-2-4-6-14/h2-10,12-13H,11H2,1H3,(H2,26,28,29). The largest absolute Gasteiger partial charge is 0.494 e. The van der Waals surface area contributed by atoms with Crippen LogP contribution < -0.4 is 9.88 Å². The minimum atomic E-state index is -3.81. The number of methoxy groups -OCH3 is 1. The monoisotopic (exact) mass is 488 g/mol. The van der Waals surface area contributed by atoms with Crippen LogP contribution in [0.25, 0.3) is 22.6 Å². The van der Waals surface area contributed by atoms with Crippen LogP contribution in [0.15, 0.2) is 76.0 Å². The van der Waals surface area contributed by atoms with Gasteiger partial charge in [-0.3, -0.25) is 0 Å². The Kier molecular flexibility index (Phi) is 6.26. The topological polar surface area (TPSA) is 95.4 Å². The molecule has 0 aliphatic rings. The van der Waals surface area contributed by atoms with Crippen molar-refractivity contribution in [3.63, 3.8) is 0 Å². The molecule has 3 aromatic carbocycles. The molecule has 0 radical (unpaired) electrons. The molecule has 4 rings (SSSR count). The van der Waals surface area contributed by atoms with E-state index in [-0.39, 0.29) is 4.90 Å². The average molecular weight is 489 g/mol. The van der Waals surface area contributed by atoms with E-state index in [2.05, 4.69) is 0 Å². The van der Waals surface area contributed by atoms with E-state index in [0.717, 1.165) is 5.56 Å². The summed E-state index contributed by atoms with van der Waals surface area (Å²) >= 11 is 12.7. The summed E-state index contributed by atoms with van der Waals surface area (Å²) in [5.74, 6) is 1.30. The Morgan fingerprint density at radius 1 is 0.969 bits per heavy atom. The van der Waals surface area contributed by atoms with Gasteiger partial charge >= 0.3 is 0 Å². The fourth-order valence-corrected chi connectivity index (χ4v) is 4.45. The Labute approximate surface area is 195 Å². The number of rotatable bonds is 6. The van der Waals surface area contributed by atoms with Gasteiger partial charge in [0.25, 0.3) is 0 Å². The first kappa shape index (κ1) is 22.4. The molecule has 0 bridgehead atoms. The molecule has 0 amide bonds. The molecule has 0 aliphatic carbocycles. The summed E-state index contributed by atoms with van der Waals surface area (Å²) in [6.45, 7) is 0. The lowest BCUT2D eigenvalue weighted by Crippen LogP contribution is -2.11. The molecule has 0 spiro atoms. The summed E-state index contributed by atoms with van der Waals surface area (Å²) in [6.07, 6.45) is 0.473. The lowest BCUT2D eigenvalue weighted by Gasteiger charge is -2.08. The van der Waals surface area contributed by atoms with Crippen LogP contribution in [0.2, 0.25) is 10.0 Å². The van der Waals surface area contributed by atoms with Crippen LogP contribution >= 0.6 is 23.2 Å². The summed E-state index contributed by atoms with van der Waals surface area (Å²) in [6, 6.07) is 19.2. The fraction of sp³-hybridized carbons (Fsp3) is 0.0870. The number of nitrogens with zero attached hydrogens (tertiary/aromatic N) is 1. The molecule has 0 saturated carbocycles. The van der Waals surface area contributed by atoms with Gasteiger partial charge in [0.15, 0.2) is 17.4 Å². The average Bonchev–Trinajstić information content (AvgIpc) is 3.17. The molecular formula is C23H18Cl2N2O4S. The van der Waals surface area contributed by atoms with E-state index in [4.69, 9.17) is 42.5 Å². The van der Waals surface area contributed by atoms with Crippen molar-refractivity contribution in [2.24, 2.45) is 5.14 Å². The highest BCUT2D eigenvalue weighted by Crippen LogP contribution is 2.40. The summed E-state index contributed by atoms with van der Waals surface area (Å²) in [5.41, 5.74) is 2.81. The van der Waals surface area contributed by atoms with Crippen LogP contribution in [0, 0.1) is 0 Å². The normalized spacial score (nSPS) is 11.5. The van der Waals surface area contributed by atoms with Gasteiger partial charge in [0, 0.05) is 17.5 Å². The van der Waals surface area contributed by atoms with Crippen molar-refractivity contribution in [3.05, 3.63) is 88.2 Å². The van der Waals surface area contributed by atoms with Gasteiger partial charge in [-0.25, -0.2) is 18.5 Å². The Hall–Kier alpha value is -2.84. The van der Waals surface area contributed by atoms with Crippen molar-refractivity contribution < 1.29 is 17.6 Å². The maximum Gasteiger partial charge on any atom is 0.238 e. The van der Waals surface area contributed by atoms with Gasteiger partial charge in [0.1, 0.15) is 5.69 Å². The van der Waals surface area contributed by atoms with E-state index < -0.39 is 10.0 Å².